The predicted molar refractivity (Wildman–Crippen MR) is 99.5 cm³/mol. The van der Waals surface area contributed by atoms with E-state index in [1.54, 1.807) is 24.3 Å². The standard InChI is InChI=1S/C18H15ClN4O4/c19-10-5-6-14(12(7-10)17(21)25)27-9-16-22-13-4-2-1-3-11(13)18(26)23(16)8-15(20)24/h1-7H,8-9H2,(H2,20,24)(H2,21,25). The van der Waals surface area contributed by atoms with Gasteiger partial charge in [0.1, 0.15) is 18.9 Å². The van der Waals surface area contributed by atoms with Crippen molar-refractivity contribution >= 4 is 34.3 Å². The number of benzene rings is 2. The van der Waals surface area contributed by atoms with Gasteiger partial charge < -0.3 is 16.2 Å². The maximum Gasteiger partial charge on any atom is 0.261 e. The Morgan fingerprint density at radius 3 is 2.59 bits per heavy atom. The highest BCUT2D eigenvalue weighted by Crippen LogP contribution is 2.23. The lowest BCUT2D eigenvalue weighted by molar-refractivity contribution is -0.118. The lowest BCUT2D eigenvalue weighted by Gasteiger charge is -2.14. The molecule has 1 aromatic heterocycles. The first-order chi connectivity index (χ1) is 12.9. The van der Waals surface area contributed by atoms with Gasteiger partial charge in [-0.25, -0.2) is 4.98 Å². The Balaban J connectivity index is 2.03. The van der Waals surface area contributed by atoms with Crippen LogP contribution in [0.1, 0.15) is 16.2 Å². The molecule has 0 saturated heterocycles. The van der Waals surface area contributed by atoms with Crippen LogP contribution in [0.4, 0.5) is 0 Å². The number of para-hydroxylation sites is 1. The molecular weight excluding hydrogens is 372 g/mol. The zero-order valence-electron chi connectivity index (χ0n) is 14.0. The first-order valence-corrected chi connectivity index (χ1v) is 8.23. The number of hydrogen-bond donors (Lipinski definition) is 2. The molecule has 0 fully saturated rings. The van der Waals surface area contributed by atoms with Crippen molar-refractivity contribution in [1.82, 2.24) is 9.55 Å². The van der Waals surface area contributed by atoms with Crippen LogP contribution in [-0.2, 0) is 17.9 Å². The Hall–Kier alpha value is -3.39. The predicted octanol–water partition coefficient (Wildman–Crippen LogP) is 1.21. The van der Waals surface area contributed by atoms with Crippen molar-refractivity contribution in [2.45, 2.75) is 13.2 Å². The number of carbonyl (C=O) groups is 2. The monoisotopic (exact) mass is 386 g/mol. The van der Waals surface area contributed by atoms with Gasteiger partial charge in [0.2, 0.25) is 5.91 Å². The minimum atomic E-state index is -0.714. The topological polar surface area (TPSA) is 130 Å². The van der Waals surface area contributed by atoms with E-state index in [-0.39, 0.29) is 30.3 Å². The third kappa shape index (κ3) is 3.90. The van der Waals surface area contributed by atoms with Crippen molar-refractivity contribution in [1.29, 1.82) is 0 Å². The normalized spacial score (nSPS) is 10.7. The van der Waals surface area contributed by atoms with Crippen LogP contribution in [0.2, 0.25) is 5.02 Å². The van der Waals surface area contributed by atoms with Gasteiger partial charge in [0.05, 0.1) is 16.5 Å². The molecule has 0 aliphatic rings. The molecule has 138 valence electrons. The quantitative estimate of drug-likeness (QED) is 0.657. The summed E-state index contributed by atoms with van der Waals surface area (Å²) in [4.78, 5) is 40.0. The average Bonchev–Trinajstić information content (AvgIpc) is 2.63. The summed E-state index contributed by atoms with van der Waals surface area (Å²) in [7, 11) is 0. The van der Waals surface area contributed by atoms with Gasteiger partial charge in [0.15, 0.2) is 5.82 Å². The molecule has 0 bridgehead atoms. The lowest BCUT2D eigenvalue weighted by Crippen LogP contribution is -2.32. The highest BCUT2D eigenvalue weighted by atomic mass is 35.5. The van der Waals surface area contributed by atoms with Gasteiger partial charge >= 0.3 is 0 Å². The zero-order chi connectivity index (χ0) is 19.6. The third-order valence-electron chi connectivity index (χ3n) is 3.82. The second-order valence-corrected chi connectivity index (χ2v) is 6.13. The fourth-order valence-corrected chi connectivity index (χ4v) is 2.78. The van der Waals surface area contributed by atoms with Gasteiger partial charge in [-0.3, -0.25) is 19.0 Å². The Morgan fingerprint density at radius 2 is 1.89 bits per heavy atom. The summed E-state index contributed by atoms with van der Waals surface area (Å²) in [6.45, 7) is -0.534. The Kier molecular flexibility index (Phi) is 5.09. The molecule has 0 aliphatic carbocycles. The van der Waals surface area contributed by atoms with Crippen molar-refractivity contribution < 1.29 is 14.3 Å². The SMILES string of the molecule is NC(=O)Cn1c(COc2ccc(Cl)cc2C(N)=O)nc2ccccc2c1=O. The number of nitrogens with two attached hydrogens (primary N) is 2. The highest BCUT2D eigenvalue weighted by Gasteiger charge is 2.15. The summed E-state index contributed by atoms with van der Waals surface area (Å²) in [6.07, 6.45) is 0. The molecule has 0 unspecified atom stereocenters. The van der Waals surface area contributed by atoms with Crippen LogP contribution in [0.15, 0.2) is 47.3 Å². The minimum Gasteiger partial charge on any atom is -0.485 e. The van der Waals surface area contributed by atoms with Crippen LogP contribution in [-0.4, -0.2) is 21.4 Å². The second-order valence-electron chi connectivity index (χ2n) is 5.70. The van der Waals surface area contributed by atoms with Crippen molar-refractivity contribution in [3.05, 3.63) is 69.2 Å². The number of halogens is 1. The van der Waals surface area contributed by atoms with Crippen molar-refractivity contribution in [3.63, 3.8) is 0 Å². The summed E-state index contributed by atoms with van der Waals surface area (Å²) in [6, 6.07) is 11.1. The number of hydrogen-bond acceptors (Lipinski definition) is 5. The van der Waals surface area contributed by atoms with E-state index in [0.29, 0.717) is 15.9 Å². The van der Waals surface area contributed by atoms with Gasteiger partial charge in [-0.1, -0.05) is 23.7 Å². The molecule has 27 heavy (non-hydrogen) atoms. The molecule has 2 aromatic carbocycles. The molecule has 1 heterocycles. The van der Waals surface area contributed by atoms with E-state index in [1.165, 1.54) is 18.2 Å². The van der Waals surface area contributed by atoms with Crippen LogP contribution in [0, 0.1) is 0 Å². The summed E-state index contributed by atoms with van der Waals surface area (Å²) < 4.78 is 6.78. The first kappa shape index (κ1) is 18.4. The first-order valence-electron chi connectivity index (χ1n) is 7.85. The number of amides is 2. The van der Waals surface area contributed by atoms with E-state index in [9.17, 15) is 14.4 Å². The maximum absolute atomic E-state index is 12.7. The van der Waals surface area contributed by atoms with Crippen LogP contribution in [0.5, 0.6) is 5.75 Å². The summed E-state index contributed by atoms with van der Waals surface area (Å²) >= 11 is 5.87. The Bertz CT molecular complexity index is 1110. The summed E-state index contributed by atoms with van der Waals surface area (Å²) in [5, 5.41) is 0.678. The number of ether oxygens (including phenoxy) is 1. The van der Waals surface area contributed by atoms with Gasteiger partial charge in [0.25, 0.3) is 11.5 Å². The molecule has 8 nitrogen and oxygen atoms in total. The van der Waals surface area contributed by atoms with Crippen LogP contribution >= 0.6 is 11.6 Å². The van der Waals surface area contributed by atoms with Crippen LogP contribution < -0.4 is 21.8 Å². The minimum absolute atomic E-state index is 0.0899. The number of rotatable bonds is 6. The molecule has 0 atom stereocenters. The molecule has 2 amide bonds. The van der Waals surface area contributed by atoms with Crippen molar-refractivity contribution in [2.75, 3.05) is 0 Å². The smallest absolute Gasteiger partial charge is 0.261 e. The van der Waals surface area contributed by atoms with Crippen molar-refractivity contribution in [3.8, 4) is 5.75 Å². The Labute approximate surface area is 158 Å². The molecule has 9 heteroatoms. The molecule has 3 rings (SSSR count). The Morgan fingerprint density at radius 1 is 1.15 bits per heavy atom. The molecule has 0 aliphatic heterocycles. The van der Waals surface area contributed by atoms with E-state index in [0.717, 1.165) is 4.57 Å². The summed E-state index contributed by atoms with van der Waals surface area (Å²) in [5.41, 5.74) is 10.7. The van der Waals surface area contributed by atoms with E-state index in [4.69, 9.17) is 27.8 Å². The number of aromatic nitrogens is 2. The van der Waals surface area contributed by atoms with Gasteiger partial charge in [0, 0.05) is 5.02 Å². The van der Waals surface area contributed by atoms with Crippen molar-refractivity contribution in [2.24, 2.45) is 11.5 Å². The fourth-order valence-electron chi connectivity index (χ4n) is 2.61. The van der Waals surface area contributed by atoms with Crippen LogP contribution in [0.3, 0.4) is 0 Å². The largest absolute Gasteiger partial charge is 0.485 e. The van der Waals surface area contributed by atoms with Gasteiger partial charge in [-0.05, 0) is 30.3 Å². The van der Waals surface area contributed by atoms with Gasteiger partial charge in [-0.2, -0.15) is 0 Å². The van der Waals surface area contributed by atoms with Crippen LogP contribution in [0.25, 0.3) is 10.9 Å². The zero-order valence-corrected chi connectivity index (χ0v) is 14.8. The maximum atomic E-state index is 12.7. The number of primary amides is 2. The molecule has 0 radical (unpaired) electrons. The third-order valence-corrected chi connectivity index (χ3v) is 4.05. The molecule has 4 N–H and O–H groups in total. The van der Waals surface area contributed by atoms with E-state index >= 15 is 0 Å². The molecule has 3 aromatic rings. The molecular formula is C18H15ClN4O4. The highest BCUT2D eigenvalue weighted by molar-refractivity contribution is 6.31. The number of fused-ring (bicyclic) bond motifs is 1. The number of carbonyl (C=O) groups excluding carboxylic acids is 2. The van der Waals surface area contributed by atoms with E-state index in [1.807, 2.05) is 0 Å². The lowest BCUT2D eigenvalue weighted by atomic mass is 10.2. The van der Waals surface area contributed by atoms with E-state index < -0.39 is 17.4 Å². The van der Waals surface area contributed by atoms with E-state index in [2.05, 4.69) is 4.98 Å². The second kappa shape index (κ2) is 7.46. The fraction of sp³-hybridized carbons (Fsp3) is 0.111. The summed E-state index contributed by atoms with van der Waals surface area (Å²) in [5.74, 6) is -1.05. The molecule has 0 spiro atoms. The number of nitrogens with zero attached hydrogens (tertiary/aromatic N) is 2. The van der Waals surface area contributed by atoms with Gasteiger partial charge in [-0.15, -0.1) is 0 Å². The molecule has 0 saturated carbocycles. The average molecular weight is 387 g/mol.